The lowest BCUT2D eigenvalue weighted by Gasteiger charge is -2.21. The van der Waals surface area contributed by atoms with E-state index in [4.69, 9.17) is 4.74 Å². The van der Waals surface area contributed by atoms with Crippen molar-refractivity contribution in [3.05, 3.63) is 53.3 Å². The number of anilines is 2. The second-order valence-electron chi connectivity index (χ2n) is 5.38. The standard InChI is InChI=1S/C17H15FN2O3/c1-10-3-2-4-11(5-10)6-15(21)19-13-7-12(18)8-14-17(13)23-9-16(22)20-14/h2-5,7-8H,6,9H2,1H3,(H,19,21)(H,20,22). The normalized spacial score (nSPS) is 12.9. The maximum absolute atomic E-state index is 13.7. The van der Waals surface area contributed by atoms with E-state index >= 15 is 0 Å². The number of hydrogen-bond acceptors (Lipinski definition) is 3. The van der Waals surface area contributed by atoms with Crippen LogP contribution in [0.15, 0.2) is 36.4 Å². The van der Waals surface area contributed by atoms with E-state index in [1.807, 2.05) is 31.2 Å². The number of hydrogen-bond donors (Lipinski definition) is 2. The molecule has 0 saturated heterocycles. The summed E-state index contributed by atoms with van der Waals surface area (Å²) in [4.78, 5) is 23.5. The number of benzene rings is 2. The Kier molecular flexibility index (Phi) is 3.97. The average molecular weight is 314 g/mol. The van der Waals surface area contributed by atoms with Crippen molar-refractivity contribution in [3.8, 4) is 5.75 Å². The summed E-state index contributed by atoms with van der Waals surface area (Å²) >= 11 is 0. The molecule has 1 aliphatic heterocycles. The van der Waals surface area contributed by atoms with Crippen molar-refractivity contribution < 1.29 is 18.7 Å². The van der Waals surface area contributed by atoms with E-state index in [1.165, 1.54) is 6.07 Å². The van der Waals surface area contributed by atoms with E-state index in [9.17, 15) is 14.0 Å². The lowest BCUT2D eigenvalue weighted by Crippen LogP contribution is -2.26. The molecule has 2 aromatic carbocycles. The topological polar surface area (TPSA) is 67.4 Å². The summed E-state index contributed by atoms with van der Waals surface area (Å²) in [7, 11) is 0. The Bertz CT molecular complexity index is 789. The molecule has 6 heteroatoms. The van der Waals surface area contributed by atoms with Crippen molar-refractivity contribution in [2.75, 3.05) is 17.2 Å². The molecule has 0 aliphatic carbocycles. The summed E-state index contributed by atoms with van der Waals surface area (Å²) in [5.74, 6) is -0.951. The van der Waals surface area contributed by atoms with Gasteiger partial charge in [-0.1, -0.05) is 29.8 Å². The Labute approximate surface area is 132 Å². The van der Waals surface area contributed by atoms with Crippen LogP contribution in [-0.2, 0) is 16.0 Å². The summed E-state index contributed by atoms with van der Waals surface area (Å²) in [6.07, 6.45) is 0.166. The highest BCUT2D eigenvalue weighted by atomic mass is 19.1. The third-order valence-electron chi connectivity index (χ3n) is 3.40. The fourth-order valence-electron chi connectivity index (χ4n) is 2.46. The van der Waals surface area contributed by atoms with Crippen LogP contribution in [0.1, 0.15) is 11.1 Å². The summed E-state index contributed by atoms with van der Waals surface area (Å²) in [6.45, 7) is 1.78. The molecule has 118 valence electrons. The van der Waals surface area contributed by atoms with Crippen LogP contribution >= 0.6 is 0 Å². The predicted octanol–water partition coefficient (Wildman–Crippen LogP) is 2.65. The van der Waals surface area contributed by atoms with Gasteiger partial charge in [-0.05, 0) is 12.5 Å². The van der Waals surface area contributed by atoms with Crippen LogP contribution < -0.4 is 15.4 Å². The summed E-state index contributed by atoms with van der Waals surface area (Å²) < 4.78 is 19.0. The van der Waals surface area contributed by atoms with Gasteiger partial charge in [0.15, 0.2) is 12.4 Å². The van der Waals surface area contributed by atoms with Gasteiger partial charge in [-0.15, -0.1) is 0 Å². The van der Waals surface area contributed by atoms with Crippen molar-refractivity contribution in [1.29, 1.82) is 0 Å². The average Bonchev–Trinajstić information content (AvgIpc) is 2.46. The number of rotatable bonds is 3. The molecular formula is C17H15FN2O3. The molecule has 0 bridgehead atoms. The molecule has 0 radical (unpaired) electrons. The molecule has 0 atom stereocenters. The van der Waals surface area contributed by atoms with Gasteiger partial charge in [0.2, 0.25) is 5.91 Å². The number of aryl methyl sites for hydroxylation is 1. The first-order valence-electron chi connectivity index (χ1n) is 7.13. The Morgan fingerprint density at radius 3 is 2.96 bits per heavy atom. The van der Waals surface area contributed by atoms with E-state index in [2.05, 4.69) is 10.6 Å². The minimum Gasteiger partial charge on any atom is -0.479 e. The minimum absolute atomic E-state index is 0.166. The maximum atomic E-state index is 13.7. The van der Waals surface area contributed by atoms with Crippen LogP contribution in [-0.4, -0.2) is 18.4 Å². The molecule has 0 fully saturated rings. The summed E-state index contributed by atoms with van der Waals surface area (Å²) in [5.41, 5.74) is 2.34. The Hall–Kier alpha value is -2.89. The Morgan fingerprint density at radius 1 is 1.35 bits per heavy atom. The first-order valence-corrected chi connectivity index (χ1v) is 7.13. The molecule has 5 nitrogen and oxygen atoms in total. The van der Waals surface area contributed by atoms with E-state index < -0.39 is 5.82 Å². The maximum Gasteiger partial charge on any atom is 0.262 e. The summed E-state index contributed by atoms with van der Waals surface area (Å²) in [6, 6.07) is 9.91. The zero-order valence-electron chi connectivity index (χ0n) is 12.5. The predicted molar refractivity (Wildman–Crippen MR) is 84.0 cm³/mol. The molecule has 2 amide bonds. The second-order valence-corrected chi connectivity index (χ2v) is 5.38. The highest BCUT2D eigenvalue weighted by Gasteiger charge is 2.21. The fraction of sp³-hybridized carbons (Fsp3) is 0.176. The molecule has 0 spiro atoms. The summed E-state index contributed by atoms with van der Waals surface area (Å²) in [5, 5.41) is 5.15. The van der Waals surface area contributed by atoms with Gasteiger partial charge in [0.05, 0.1) is 17.8 Å². The minimum atomic E-state index is -0.569. The van der Waals surface area contributed by atoms with Crippen LogP contribution in [0, 0.1) is 12.7 Å². The number of nitrogens with one attached hydrogen (secondary N) is 2. The largest absolute Gasteiger partial charge is 0.479 e. The van der Waals surface area contributed by atoms with E-state index in [1.54, 1.807) is 0 Å². The SMILES string of the molecule is Cc1cccc(CC(=O)Nc2cc(F)cc3c2OCC(=O)N3)c1. The molecule has 23 heavy (non-hydrogen) atoms. The van der Waals surface area contributed by atoms with Crippen molar-refractivity contribution in [1.82, 2.24) is 0 Å². The van der Waals surface area contributed by atoms with Crippen LogP contribution in [0.3, 0.4) is 0 Å². The van der Waals surface area contributed by atoms with Gasteiger partial charge in [-0.2, -0.15) is 0 Å². The van der Waals surface area contributed by atoms with Crippen molar-refractivity contribution in [3.63, 3.8) is 0 Å². The van der Waals surface area contributed by atoms with Gasteiger partial charge < -0.3 is 15.4 Å². The van der Waals surface area contributed by atoms with E-state index in [0.717, 1.165) is 17.2 Å². The van der Waals surface area contributed by atoms with E-state index in [0.29, 0.717) is 0 Å². The third-order valence-corrected chi connectivity index (χ3v) is 3.40. The van der Waals surface area contributed by atoms with Crippen LogP contribution in [0.25, 0.3) is 0 Å². The van der Waals surface area contributed by atoms with Crippen LogP contribution in [0.4, 0.5) is 15.8 Å². The quantitative estimate of drug-likeness (QED) is 0.915. The van der Waals surface area contributed by atoms with Gasteiger partial charge >= 0.3 is 0 Å². The molecular weight excluding hydrogens is 299 g/mol. The lowest BCUT2D eigenvalue weighted by atomic mass is 10.1. The molecule has 1 heterocycles. The first kappa shape index (κ1) is 15.0. The van der Waals surface area contributed by atoms with E-state index in [-0.39, 0.29) is 42.0 Å². The highest BCUT2D eigenvalue weighted by molar-refractivity contribution is 6.00. The molecule has 2 aromatic rings. The molecule has 1 aliphatic rings. The number of carbonyl (C=O) groups excluding carboxylic acids is 2. The lowest BCUT2D eigenvalue weighted by molar-refractivity contribution is -0.118. The van der Waals surface area contributed by atoms with Crippen LogP contribution in [0.5, 0.6) is 5.75 Å². The van der Waals surface area contributed by atoms with Gasteiger partial charge in [0, 0.05) is 12.1 Å². The van der Waals surface area contributed by atoms with Gasteiger partial charge in [0.25, 0.3) is 5.91 Å². The van der Waals surface area contributed by atoms with Crippen LogP contribution in [0.2, 0.25) is 0 Å². The van der Waals surface area contributed by atoms with Crippen molar-refractivity contribution in [2.45, 2.75) is 13.3 Å². The van der Waals surface area contributed by atoms with Gasteiger partial charge in [-0.25, -0.2) is 4.39 Å². The fourth-order valence-corrected chi connectivity index (χ4v) is 2.46. The Balaban J connectivity index is 1.80. The van der Waals surface area contributed by atoms with Gasteiger partial charge in [-0.3, -0.25) is 9.59 Å². The molecule has 0 unspecified atom stereocenters. The molecule has 2 N–H and O–H groups in total. The number of ether oxygens (including phenoxy) is 1. The van der Waals surface area contributed by atoms with Crippen molar-refractivity contribution in [2.24, 2.45) is 0 Å². The number of fused-ring (bicyclic) bond motifs is 1. The second kappa shape index (κ2) is 6.08. The van der Waals surface area contributed by atoms with Crippen molar-refractivity contribution >= 4 is 23.2 Å². The zero-order valence-corrected chi connectivity index (χ0v) is 12.5. The molecule has 3 rings (SSSR count). The number of halogens is 1. The molecule has 0 aromatic heterocycles. The third kappa shape index (κ3) is 3.48. The van der Waals surface area contributed by atoms with Gasteiger partial charge in [0.1, 0.15) is 5.82 Å². The first-order chi connectivity index (χ1) is 11.0. The highest BCUT2D eigenvalue weighted by Crippen LogP contribution is 2.36. The smallest absolute Gasteiger partial charge is 0.262 e. The zero-order chi connectivity index (χ0) is 16.4. The molecule has 0 saturated carbocycles. The monoisotopic (exact) mass is 314 g/mol. The number of amides is 2. The number of carbonyl (C=O) groups is 2. The Morgan fingerprint density at radius 2 is 2.17 bits per heavy atom.